The van der Waals surface area contributed by atoms with Crippen LogP contribution in [0.4, 0.5) is 0 Å². The highest BCUT2D eigenvalue weighted by atomic mass is 32.2. The average Bonchev–Trinajstić information content (AvgIpc) is 3.77. The highest BCUT2D eigenvalue weighted by Gasteiger charge is 2.55. The van der Waals surface area contributed by atoms with Gasteiger partial charge in [0.1, 0.15) is 46.7 Å². The molecule has 8 rings (SSSR count). The van der Waals surface area contributed by atoms with Crippen LogP contribution in [0.1, 0.15) is 31.9 Å². The molecule has 4 aliphatic rings. The van der Waals surface area contributed by atoms with E-state index in [1.165, 1.54) is 41.2 Å². The number of ether oxygens (including phenoxy) is 5. The molecule has 0 saturated carbocycles. The van der Waals surface area contributed by atoms with Gasteiger partial charge < -0.3 is 34.1 Å². The van der Waals surface area contributed by atoms with Gasteiger partial charge in [-0.05, 0) is 41.8 Å². The predicted octanol–water partition coefficient (Wildman–Crippen LogP) is 4.23. The zero-order valence-electron chi connectivity index (χ0n) is 27.3. The van der Waals surface area contributed by atoms with Gasteiger partial charge in [-0.1, -0.05) is 24.3 Å². The van der Waals surface area contributed by atoms with Crippen LogP contribution in [0.2, 0.25) is 0 Å². The van der Waals surface area contributed by atoms with Crippen molar-refractivity contribution in [2.75, 3.05) is 26.1 Å². The van der Waals surface area contributed by atoms with Crippen molar-refractivity contribution in [1.29, 1.82) is 0 Å². The molecule has 52 heavy (non-hydrogen) atoms. The lowest BCUT2D eigenvalue weighted by Crippen LogP contribution is -2.70. The van der Waals surface area contributed by atoms with E-state index in [-0.39, 0.29) is 36.1 Å². The topological polar surface area (TPSA) is 167 Å². The number of thiophene rings is 1. The molecule has 4 aliphatic heterocycles. The third kappa shape index (κ3) is 5.52. The molecule has 3 atom stereocenters. The summed E-state index contributed by atoms with van der Waals surface area (Å²) < 4.78 is 29.1. The minimum atomic E-state index is -1.37. The lowest BCUT2D eigenvalue weighted by molar-refractivity contribution is -0.151. The second-order valence-electron chi connectivity index (χ2n) is 12.2. The quantitative estimate of drug-likeness (QED) is 0.176. The summed E-state index contributed by atoms with van der Waals surface area (Å²) in [6.45, 7) is -0.637. The van der Waals surface area contributed by atoms with E-state index in [1.807, 2.05) is 29.6 Å². The first kappa shape index (κ1) is 33.3. The summed E-state index contributed by atoms with van der Waals surface area (Å²) in [6, 6.07) is 19.8. The number of carbonyl (C=O) groups is 5. The number of aliphatic carboxylic acids is 1. The van der Waals surface area contributed by atoms with Gasteiger partial charge in [0.25, 0.3) is 5.91 Å². The number of carboxylic acids is 1. The largest absolute Gasteiger partial charge is 0.489 e. The number of β-lactam (4-membered cyclic amide) rings is 1. The molecule has 1 spiro atoms. The van der Waals surface area contributed by atoms with Crippen molar-refractivity contribution in [3.63, 3.8) is 0 Å². The number of benzene rings is 3. The number of hydrogen-bond acceptors (Lipinski definition) is 12. The molecular formula is C37H28N2O11S2. The van der Waals surface area contributed by atoms with Crippen molar-refractivity contribution in [3.05, 3.63) is 117 Å². The monoisotopic (exact) mass is 740 g/mol. The highest BCUT2D eigenvalue weighted by Crippen LogP contribution is 2.57. The van der Waals surface area contributed by atoms with E-state index >= 15 is 0 Å². The van der Waals surface area contributed by atoms with Gasteiger partial charge in [-0.25, -0.2) is 14.4 Å². The summed E-state index contributed by atoms with van der Waals surface area (Å²) in [5.41, 5.74) is 1.29. The van der Waals surface area contributed by atoms with Crippen LogP contribution < -0.4 is 19.5 Å². The normalized spacial score (nSPS) is 20.8. The number of fused-ring (bicyclic) bond motifs is 7. The summed E-state index contributed by atoms with van der Waals surface area (Å²) in [6.07, 6.45) is 0.156. The summed E-state index contributed by atoms with van der Waals surface area (Å²) >= 11 is 2.86. The Morgan fingerprint density at radius 2 is 1.69 bits per heavy atom. The van der Waals surface area contributed by atoms with Crippen LogP contribution in [-0.2, 0) is 40.7 Å². The van der Waals surface area contributed by atoms with E-state index < -0.39 is 47.4 Å². The third-order valence-corrected chi connectivity index (χ3v) is 11.3. The minimum Gasteiger partial charge on any atom is -0.489 e. The molecule has 2 N–H and O–H groups in total. The van der Waals surface area contributed by atoms with Crippen LogP contribution in [0, 0.1) is 0 Å². The maximum Gasteiger partial charge on any atom is 0.354 e. The number of carboxylic acid groups (broad SMARTS) is 1. The molecule has 15 heteroatoms. The third-order valence-electron chi connectivity index (χ3n) is 9.09. The maximum atomic E-state index is 13.3. The first-order valence-electron chi connectivity index (χ1n) is 16.0. The number of hydrogen-bond donors (Lipinski definition) is 2. The van der Waals surface area contributed by atoms with E-state index in [0.717, 1.165) is 4.88 Å². The smallest absolute Gasteiger partial charge is 0.354 e. The van der Waals surface area contributed by atoms with E-state index in [2.05, 4.69) is 5.32 Å². The van der Waals surface area contributed by atoms with Crippen LogP contribution in [-0.4, -0.2) is 77.2 Å². The van der Waals surface area contributed by atoms with Crippen LogP contribution >= 0.6 is 23.1 Å². The summed E-state index contributed by atoms with van der Waals surface area (Å²) in [4.78, 5) is 65.6. The second kappa shape index (κ2) is 13.1. The molecule has 0 radical (unpaired) electrons. The van der Waals surface area contributed by atoms with Gasteiger partial charge in [-0.15, -0.1) is 23.1 Å². The Labute approximate surface area is 304 Å². The molecular weight excluding hydrogens is 713 g/mol. The zero-order valence-corrected chi connectivity index (χ0v) is 28.9. The average molecular weight is 741 g/mol. The molecule has 1 fully saturated rings. The summed E-state index contributed by atoms with van der Waals surface area (Å²) in [7, 11) is 1.23. The Balaban J connectivity index is 1.07. The number of amides is 2. The fourth-order valence-electron chi connectivity index (χ4n) is 6.81. The van der Waals surface area contributed by atoms with Crippen molar-refractivity contribution >= 4 is 52.8 Å². The molecule has 264 valence electrons. The number of nitrogens with one attached hydrogen (secondary N) is 1. The standard InChI is InChI=1S/C37H28N2O11S2/c1-46-36(45)32-19(18-52-34-31(33(43)39(32)34)38-29(40)15-22-5-4-12-51-22)16-47-20-8-10-25-27(13-20)49-28-14-21(48-17-30(41)42)9-11-26(28)37(25)24-7-3-2-6-23(24)35(44)50-37/h2-14,31,34H,15-18H2,1H3,(H,38,40)(H,41,42). The summed E-state index contributed by atoms with van der Waals surface area (Å²) in [5, 5.41) is 13.3. The lowest BCUT2D eigenvalue weighted by Gasteiger charge is -2.49. The van der Waals surface area contributed by atoms with Crippen LogP contribution in [0.3, 0.4) is 0 Å². The van der Waals surface area contributed by atoms with Crippen LogP contribution in [0.5, 0.6) is 23.0 Å². The van der Waals surface area contributed by atoms with E-state index in [1.54, 1.807) is 42.5 Å². The number of methoxy groups -OCH3 is 1. The number of nitrogens with zero attached hydrogens (tertiary/aromatic N) is 1. The zero-order chi connectivity index (χ0) is 36.1. The van der Waals surface area contributed by atoms with Gasteiger partial charge in [-0.2, -0.15) is 0 Å². The molecule has 1 saturated heterocycles. The van der Waals surface area contributed by atoms with Gasteiger partial charge in [0.05, 0.1) is 19.1 Å². The van der Waals surface area contributed by atoms with Crippen LogP contribution in [0.15, 0.2) is 89.4 Å². The maximum absolute atomic E-state index is 13.3. The number of carbonyl (C=O) groups excluding carboxylic acids is 4. The predicted molar refractivity (Wildman–Crippen MR) is 185 cm³/mol. The lowest BCUT2D eigenvalue weighted by atomic mass is 9.77. The fraction of sp³-hybridized carbons (Fsp3) is 0.216. The Kier molecular flexibility index (Phi) is 8.38. The van der Waals surface area contributed by atoms with Gasteiger partial charge in [0.15, 0.2) is 12.2 Å². The molecule has 4 aromatic rings. The Bertz CT molecular complexity index is 2200. The van der Waals surface area contributed by atoms with E-state index in [0.29, 0.717) is 45.1 Å². The molecule has 5 heterocycles. The van der Waals surface area contributed by atoms with E-state index in [9.17, 15) is 24.0 Å². The molecule has 1 aromatic heterocycles. The van der Waals surface area contributed by atoms with Crippen molar-refractivity contribution < 1.29 is 52.8 Å². The minimum absolute atomic E-state index is 0.0745. The number of rotatable bonds is 10. The van der Waals surface area contributed by atoms with Crippen molar-refractivity contribution in [1.82, 2.24) is 10.2 Å². The fourth-order valence-corrected chi connectivity index (χ4v) is 8.84. The van der Waals surface area contributed by atoms with Crippen molar-refractivity contribution in [3.8, 4) is 23.0 Å². The van der Waals surface area contributed by atoms with Crippen molar-refractivity contribution in [2.45, 2.75) is 23.4 Å². The Hall–Kier alpha value is -5.80. The molecule has 0 bridgehead atoms. The Morgan fingerprint density at radius 3 is 2.38 bits per heavy atom. The Morgan fingerprint density at radius 1 is 0.962 bits per heavy atom. The van der Waals surface area contributed by atoms with Gasteiger partial charge in [0.2, 0.25) is 5.91 Å². The molecule has 13 nitrogen and oxygen atoms in total. The summed E-state index contributed by atoms with van der Waals surface area (Å²) in [5.74, 6) is -1.53. The molecule has 3 aromatic carbocycles. The highest BCUT2D eigenvalue weighted by molar-refractivity contribution is 8.00. The first-order valence-corrected chi connectivity index (χ1v) is 17.9. The molecule has 2 amide bonds. The SMILES string of the molecule is COC(=O)C1=C(COc2ccc3c(c2)Oc2cc(OCC(=O)O)ccc2C32OC(=O)c3ccccc32)CSC2C(NC(=O)Cc3cccs3)C(=O)N12. The van der Waals surface area contributed by atoms with E-state index in [4.69, 9.17) is 28.8 Å². The molecule has 0 aliphatic carbocycles. The molecule has 3 unspecified atom stereocenters. The second-order valence-corrected chi connectivity index (χ2v) is 14.3. The first-order chi connectivity index (χ1) is 25.2. The number of esters is 2. The van der Waals surface area contributed by atoms with Gasteiger partial charge in [0, 0.05) is 45.0 Å². The van der Waals surface area contributed by atoms with Crippen LogP contribution in [0.25, 0.3) is 0 Å². The van der Waals surface area contributed by atoms with Crippen molar-refractivity contribution in [2.24, 2.45) is 0 Å². The number of thioether (sulfide) groups is 1. The van der Waals surface area contributed by atoms with Gasteiger partial charge >= 0.3 is 17.9 Å². The van der Waals surface area contributed by atoms with Gasteiger partial charge in [-0.3, -0.25) is 14.5 Å².